The molecule has 2 aromatic heterocycles. The van der Waals surface area contributed by atoms with Crippen molar-refractivity contribution in [3.8, 4) is 11.3 Å². The SMILES string of the molecule is O=C(CNC(=O)c1cc(-c2cccnc2)nc2ccccc12)OCc1ccccc1. The fourth-order valence-electron chi connectivity index (χ4n) is 3.06. The van der Waals surface area contributed by atoms with Crippen molar-refractivity contribution in [1.82, 2.24) is 15.3 Å². The van der Waals surface area contributed by atoms with Gasteiger partial charge in [-0.05, 0) is 29.8 Å². The number of nitrogens with zero attached hydrogens (tertiary/aromatic N) is 2. The van der Waals surface area contributed by atoms with E-state index in [9.17, 15) is 9.59 Å². The van der Waals surface area contributed by atoms with Crippen molar-refractivity contribution in [3.63, 3.8) is 0 Å². The molecule has 0 saturated heterocycles. The number of hydrogen-bond acceptors (Lipinski definition) is 5. The number of carbonyl (C=O) groups excluding carboxylic acids is 2. The number of rotatable bonds is 6. The van der Waals surface area contributed by atoms with Crippen molar-refractivity contribution in [2.24, 2.45) is 0 Å². The molecule has 1 N–H and O–H groups in total. The van der Waals surface area contributed by atoms with Gasteiger partial charge < -0.3 is 10.1 Å². The number of amides is 1. The number of aromatic nitrogens is 2. The van der Waals surface area contributed by atoms with Gasteiger partial charge in [0.15, 0.2) is 0 Å². The Labute approximate surface area is 173 Å². The lowest BCUT2D eigenvalue weighted by atomic mass is 10.0. The first-order valence-corrected chi connectivity index (χ1v) is 9.48. The topological polar surface area (TPSA) is 81.2 Å². The van der Waals surface area contributed by atoms with Gasteiger partial charge in [0.2, 0.25) is 0 Å². The number of ether oxygens (including phenoxy) is 1. The number of pyridine rings is 2. The normalized spacial score (nSPS) is 10.5. The lowest BCUT2D eigenvalue weighted by Gasteiger charge is -2.10. The summed E-state index contributed by atoms with van der Waals surface area (Å²) in [5.41, 5.74) is 3.46. The van der Waals surface area contributed by atoms with Gasteiger partial charge in [-0.25, -0.2) is 4.98 Å². The summed E-state index contributed by atoms with van der Waals surface area (Å²) in [6, 6.07) is 22.2. The minimum absolute atomic E-state index is 0.166. The summed E-state index contributed by atoms with van der Waals surface area (Å²) in [6.45, 7) is -0.0522. The molecule has 2 heterocycles. The zero-order valence-electron chi connectivity index (χ0n) is 16.1. The van der Waals surface area contributed by atoms with Crippen LogP contribution in [0.4, 0.5) is 0 Å². The molecule has 4 aromatic rings. The number of nitrogens with one attached hydrogen (secondary N) is 1. The molecule has 0 atom stereocenters. The predicted molar refractivity (Wildman–Crippen MR) is 114 cm³/mol. The Kier molecular flexibility index (Phi) is 5.75. The molecule has 6 heteroatoms. The minimum atomic E-state index is -0.502. The molecule has 6 nitrogen and oxygen atoms in total. The molecule has 4 rings (SSSR count). The van der Waals surface area contributed by atoms with Crippen molar-refractivity contribution < 1.29 is 14.3 Å². The summed E-state index contributed by atoms with van der Waals surface area (Å²) in [7, 11) is 0. The molecule has 0 radical (unpaired) electrons. The number of benzene rings is 2. The predicted octanol–water partition coefficient (Wildman–Crippen LogP) is 3.77. The lowest BCUT2D eigenvalue weighted by molar-refractivity contribution is -0.143. The van der Waals surface area contributed by atoms with E-state index in [1.165, 1.54) is 0 Å². The van der Waals surface area contributed by atoms with E-state index in [1.54, 1.807) is 18.5 Å². The van der Waals surface area contributed by atoms with Crippen LogP contribution in [0.3, 0.4) is 0 Å². The Morgan fingerprint density at radius 2 is 1.73 bits per heavy atom. The molecule has 148 valence electrons. The van der Waals surface area contributed by atoms with E-state index in [4.69, 9.17) is 4.74 Å². The van der Waals surface area contributed by atoms with Gasteiger partial charge in [0, 0.05) is 23.3 Å². The van der Waals surface area contributed by atoms with Crippen molar-refractivity contribution >= 4 is 22.8 Å². The summed E-state index contributed by atoms with van der Waals surface area (Å²) in [4.78, 5) is 33.7. The van der Waals surface area contributed by atoms with Crippen LogP contribution in [0.1, 0.15) is 15.9 Å². The molecule has 0 aliphatic carbocycles. The third-order valence-electron chi connectivity index (χ3n) is 4.55. The van der Waals surface area contributed by atoms with E-state index in [2.05, 4.69) is 15.3 Å². The molecule has 0 aliphatic rings. The maximum atomic E-state index is 12.9. The van der Waals surface area contributed by atoms with E-state index in [0.29, 0.717) is 22.2 Å². The second-order valence-electron chi connectivity index (χ2n) is 6.64. The van der Waals surface area contributed by atoms with E-state index in [0.717, 1.165) is 11.1 Å². The Bertz CT molecular complexity index is 1180. The fraction of sp³-hybridized carbons (Fsp3) is 0.0833. The highest BCUT2D eigenvalue weighted by atomic mass is 16.5. The monoisotopic (exact) mass is 397 g/mol. The summed E-state index contributed by atoms with van der Waals surface area (Å²) in [6.07, 6.45) is 3.37. The quantitative estimate of drug-likeness (QED) is 0.501. The number of fused-ring (bicyclic) bond motifs is 1. The van der Waals surface area contributed by atoms with Gasteiger partial charge in [-0.2, -0.15) is 0 Å². The molecule has 0 unspecified atom stereocenters. The molecule has 0 spiro atoms. The van der Waals surface area contributed by atoms with Crippen LogP contribution in [0.15, 0.2) is 85.2 Å². The molecule has 0 aliphatic heterocycles. The van der Waals surface area contributed by atoms with E-state index in [1.807, 2.05) is 66.7 Å². The third kappa shape index (κ3) is 4.50. The molecule has 0 bridgehead atoms. The number of hydrogen-bond donors (Lipinski definition) is 1. The van der Waals surface area contributed by atoms with Gasteiger partial charge in [-0.15, -0.1) is 0 Å². The van der Waals surface area contributed by atoms with Gasteiger partial charge in [0.05, 0.1) is 16.8 Å². The zero-order valence-corrected chi connectivity index (χ0v) is 16.1. The van der Waals surface area contributed by atoms with Crippen LogP contribution < -0.4 is 5.32 Å². The van der Waals surface area contributed by atoms with Gasteiger partial charge >= 0.3 is 5.97 Å². The highest BCUT2D eigenvalue weighted by molar-refractivity contribution is 6.07. The average Bonchev–Trinajstić information content (AvgIpc) is 2.81. The number of para-hydroxylation sites is 1. The van der Waals surface area contributed by atoms with Crippen LogP contribution in [-0.2, 0) is 16.1 Å². The van der Waals surface area contributed by atoms with Crippen LogP contribution in [0, 0.1) is 0 Å². The maximum Gasteiger partial charge on any atom is 0.325 e. The largest absolute Gasteiger partial charge is 0.460 e. The highest BCUT2D eigenvalue weighted by Crippen LogP contribution is 2.24. The first-order valence-electron chi connectivity index (χ1n) is 9.48. The Morgan fingerprint density at radius 3 is 2.53 bits per heavy atom. The van der Waals surface area contributed by atoms with Crippen LogP contribution in [-0.4, -0.2) is 28.4 Å². The van der Waals surface area contributed by atoms with E-state index in [-0.39, 0.29) is 19.1 Å². The van der Waals surface area contributed by atoms with Crippen LogP contribution >= 0.6 is 0 Å². The van der Waals surface area contributed by atoms with Crippen molar-refractivity contribution in [3.05, 3.63) is 96.3 Å². The molecular formula is C24H19N3O3. The van der Waals surface area contributed by atoms with Crippen LogP contribution in [0.2, 0.25) is 0 Å². The van der Waals surface area contributed by atoms with Crippen LogP contribution in [0.5, 0.6) is 0 Å². The second-order valence-corrected chi connectivity index (χ2v) is 6.64. The Balaban J connectivity index is 1.50. The number of esters is 1. The first-order chi connectivity index (χ1) is 14.7. The highest BCUT2D eigenvalue weighted by Gasteiger charge is 2.15. The van der Waals surface area contributed by atoms with Crippen LogP contribution in [0.25, 0.3) is 22.2 Å². The fourth-order valence-corrected chi connectivity index (χ4v) is 3.06. The van der Waals surface area contributed by atoms with Gasteiger partial charge in [-0.1, -0.05) is 48.5 Å². The van der Waals surface area contributed by atoms with E-state index < -0.39 is 5.97 Å². The molecule has 2 aromatic carbocycles. The van der Waals surface area contributed by atoms with Gasteiger partial charge in [0.1, 0.15) is 13.2 Å². The Morgan fingerprint density at radius 1 is 0.933 bits per heavy atom. The molecular weight excluding hydrogens is 378 g/mol. The lowest BCUT2D eigenvalue weighted by Crippen LogP contribution is -2.30. The average molecular weight is 397 g/mol. The second kappa shape index (κ2) is 8.96. The van der Waals surface area contributed by atoms with E-state index >= 15 is 0 Å². The first kappa shape index (κ1) is 19.3. The summed E-state index contributed by atoms with van der Waals surface area (Å²) < 4.78 is 5.22. The minimum Gasteiger partial charge on any atom is -0.460 e. The van der Waals surface area contributed by atoms with Gasteiger partial charge in [0.25, 0.3) is 5.91 Å². The Hall–Kier alpha value is -4.06. The zero-order chi connectivity index (χ0) is 20.8. The maximum absolute atomic E-state index is 12.9. The molecule has 30 heavy (non-hydrogen) atoms. The molecule has 0 saturated carbocycles. The standard InChI is InChI=1S/C24H19N3O3/c28-23(30-16-17-7-2-1-3-8-17)15-26-24(29)20-13-22(18-9-6-12-25-14-18)27-21-11-5-4-10-19(20)21/h1-14H,15-16H2,(H,26,29). The smallest absolute Gasteiger partial charge is 0.325 e. The molecule has 1 amide bonds. The van der Waals surface area contributed by atoms with Crippen molar-refractivity contribution in [1.29, 1.82) is 0 Å². The summed E-state index contributed by atoms with van der Waals surface area (Å²) in [5, 5.41) is 3.36. The summed E-state index contributed by atoms with van der Waals surface area (Å²) >= 11 is 0. The summed E-state index contributed by atoms with van der Waals surface area (Å²) in [5.74, 6) is -0.867. The van der Waals surface area contributed by atoms with Crippen molar-refractivity contribution in [2.45, 2.75) is 6.61 Å². The van der Waals surface area contributed by atoms with Crippen molar-refractivity contribution in [2.75, 3.05) is 6.54 Å². The molecule has 0 fully saturated rings. The third-order valence-corrected chi connectivity index (χ3v) is 4.55. The number of carbonyl (C=O) groups is 2. The van der Waals surface area contributed by atoms with Gasteiger partial charge in [-0.3, -0.25) is 14.6 Å².